The van der Waals surface area contributed by atoms with Gasteiger partial charge in [0, 0.05) is 43.3 Å². The SMILES string of the molecule is CSc1cc(C)nc(SC)c1NC(=O)CN1CCN(CCOS(C)(=O)=O)CC1. The molecular weight excluding hydrogens is 420 g/mol. The normalized spacial score (nSPS) is 16.3. The van der Waals surface area contributed by atoms with Crippen LogP contribution in [0.3, 0.4) is 0 Å². The van der Waals surface area contributed by atoms with E-state index in [1.54, 1.807) is 11.8 Å². The Labute approximate surface area is 175 Å². The van der Waals surface area contributed by atoms with Gasteiger partial charge in [-0.05, 0) is 25.5 Å². The molecule has 0 saturated carbocycles. The Morgan fingerprint density at radius 2 is 1.86 bits per heavy atom. The summed E-state index contributed by atoms with van der Waals surface area (Å²) in [6.07, 6.45) is 4.99. The van der Waals surface area contributed by atoms with Gasteiger partial charge < -0.3 is 5.32 Å². The Kier molecular flexibility index (Phi) is 9.03. The molecule has 1 aliphatic rings. The molecule has 0 radical (unpaired) electrons. The number of hydrogen-bond donors (Lipinski definition) is 1. The van der Waals surface area contributed by atoms with Gasteiger partial charge in [-0.25, -0.2) is 4.98 Å². The fourth-order valence-corrected chi connectivity index (χ4v) is 4.59. The monoisotopic (exact) mass is 448 g/mol. The van der Waals surface area contributed by atoms with Gasteiger partial charge >= 0.3 is 0 Å². The highest BCUT2D eigenvalue weighted by atomic mass is 32.2. The second-order valence-corrected chi connectivity index (χ2v) is 9.83. The van der Waals surface area contributed by atoms with Crippen LogP contribution in [-0.2, 0) is 19.1 Å². The lowest BCUT2D eigenvalue weighted by molar-refractivity contribution is -0.117. The van der Waals surface area contributed by atoms with E-state index in [2.05, 4.69) is 20.1 Å². The second-order valence-electron chi connectivity index (χ2n) is 6.54. The van der Waals surface area contributed by atoms with E-state index < -0.39 is 10.1 Å². The molecule has 0 atom stereocenters. The number of hydrogen-bond acceptors (Lipinski definition) is 9. The largest absolute Gasteiger partial charge is 0.322 e. The molecule has 0 spiro atoms. The van der Waals surface area contributed by atoms with Crippen molar-refractivity contribution in [3.05, 3.63) is 11.8 Å². The molecule has 0 bridgehead atoms. The summed E-state index contributed by atoms with van der Waals surface area (Å²) < 4.78 is 26.8. The van der Waals surface area contributed by atoms with E-state index in [9.17, 15) is 13.2 Å². The van der Waals surface area contributed by atoms with Crippen LogP contribution in [0, 0.1) is 6.92 Å². The van der Waals surface area contributed by atoms with Crippen molar-refractivity contribution >= 4 is 45.2 Å². The van der Waals surface area contributed by atoms with E-state index in [1.807, 2.05) is 25.5 Å². The molecule has 1 saturated heterocycles. The van der Waals surface area contributed by atoms with Crippen LogP contribution in [0.25, 0.3) is 0 Å². The summed E-state index contributed by atoms with van der Waals surface area (Å²) in [5.74, 6) is -0.0508. The fourth-order valence-electron chi connectivity index (χ4n) is 2.91. The lowest BCUT2D eigenvalue weighted by atomic mass is 10.3. The first-order valence-electron chi connectivity index (χ1n) is 8.90. The number of thioether (sulfide) groups is 2. The summed E-state index contributed by atoms with van der Waals surface area (Å²) in [6, 6.07) is 1.98. The van der Waals surface area contributed by atoms with Crippen LogP contribution in [0.5, 0.6) is 0 Å². The second kappa shape index (κ2) is 10.8. The molecule has 8 nitrogen and oxygen atoms in total. The fraction of sp³-hybridized carbons (Fsp3) is 0.647. The number of rotatable bonds is 9. The average Bonchev–Trinajstić information content (AvgIpc) is 2.63. The Hall–Kier alpha value is -0.850. The van der Waals surface area contributed by atoms with Crippen LogP contribution in [0.2, 0.25) is 0 Å². The van der Waals surface area contributed by atoms with Crippen molar-refractivity contribution < 1.29 is 17.4 Å². The molecule has 2 heterocycles. The number of nitrogens with one attached hydrogen (secondary N) is 1. The molecule has 1 N–H and O–H groups in total. The number of nitrogens with zero attached hydrogens (tertiary/aromatic N) is 3. The topological polar surface area (TPSA) is 91.8 Å². The number of aryl methyl sites for hydroxylation is 1. The van der Waals surface area contributed by atoms with Crippen molar-refractivity contribution in [2.75, 3.05) is 70.0 Å². The average molecular weight is 449 g/mol. The van der Waals surface area contributed by atoms with Crippen molar-refractivity contribution in [1.82, 2.24) is 14.8 Å². The van der Waals surface area contributed by atoms with Crippen LogP contribution < -0.4 is 5.32 Å². The third-order valence-corrected chi connectivity index (χ3v) is 6.33. The Bertz CT molecular complexity index is 756. The molecule has 1 amide bonds. The number of pyridine rings is 1. The molecular formula is C17H28N4O4S3. The number of aromatic nitrogens is 1. The molecule has 0 aromatic carbocycles. The first kappa shape index (κ1) is 23.4. The molecule has 1 aromatic heterocycles. The zero-order chi connectivity index (χ0) is 20.7. The number of carbonyl (C=O) groups excluding carboxylic acids is 1. The molecule has 1 aliphatic heterocycles. The number of amides is 1. The van der Waals surface area contributed by atoms with Gasteiger partial charge in [-0.1, -0.05) is 0 Å². The minimum absolute atomic E-state index is 0.0508. The first-order valence-corrected chi connectivity index (χ1v) is 13.2. The van der Waals surface area contributed by atoms with E-state index >= 15 is 0 Å². The zero-order valence-corrected chi connectivity index (χ0v) is 19.2. The van der Waals surface area contributed by atoms with Crippen LogP contribution in [-0.4, -0.2) is 93.8 Å². The van der Waals surface area contributed by atoms with Gasteiger partial charge in [0.1, 0.15) is 5.03 Å². The summed E-state index contributed by atoms with van der Waals surface area (Å²) in [6.45, 7) is 6.06. The summed E-state index contributed by atoms with van der Waals surface area (Å²) in [5, 5.41) is 3.86. The predicted molar refractivity (Wildman–Crippen MR) is 115 cm³/mol. The van der Waals surface area contributed by atoms with Gasteiger partial charge in [0.15, 0.2) is 0 Å². The summed E-state index contributed by atoms with van der Waals surface area (Å²) in [4.78, 5) is 22.3. The molecule has 2 rings (SSSR count). The van der Waals surface area contributed by atoms with E-state index in [4.69, 9.17) is 4.18 Å². The van der Waals surface area contributed by atoms with E-state index in [-0.39, 0.29) is 12.5 Å². The zero-order valence-electron chi connectivity index (χ0n) is 16.7. The van der Waals surface area contributed by atoms with Crippen molar-refractivity contribution in [2.24, 2.45) is 0 Å². The predicted octanol–water partition coefficient (Wildman–Crippen LogP) is 1.37. The molecule has 11 heteroatoms. The summed E-state index contributed by atoms with van der Waals surface area (Å²) in [7, 11) is -3.39. The van der Waals surface area contributed by atoms with Gasteiger partial charge in [-0.3, -0.25) is 18.8 Å². The molecule has 28 heavy (non-hydrogen) atoms. The highest BCUT2D eigenvalue weighted by molar-refractivity contribution is 7.99. The van der Waals surface area contributed by atoms with Gasteiger partial charge in [-0.2, -0.15) is 8.42 Å². The molecule has 1 aromatic rings. The minimum atomic E-state index is -3.39. The Morgan fingerprint density at radius 1 is 1.21 bits per heavy atom. The minimum Gasteiger partial charge on any atom is -0.322 e. The van der Waals surface area contributed by atoms with Crippen LogP contribution in [0.15, 0.2) is 16.0 Å². The smallest absolute Gasteiger partial charge is 0.264 e. The molecule has 0 unspecified atom stereocenters. The Morgan fingerprint density at radius 3 is 2.43 bits per heavy atom. The molecule has 1 fully saturated rings. The highest BCUT2D eigenvalue weighted by Gasteiger charge is 2.20. The van der Waals surface area contributed by atoms with E-state index in [0.717, 1.165) is 53.7 Å². The van der Waals surface area contributed by atoms with Crippen LogP contribution in [0.4, 0.5) is 5.69 Å². The lowest BCUT2D eigenvalue weighted by Gasteiger charge is -2.34. The highest BCUT2D eigenvalue weighted by Crippen LogP contribution is 2.33. The van der Waals surface area contributed by atoms with E-state index in [0.29, 0.717) is 13.1 Å². The van der Waals surface area contributed by atoms with Gasteiger partial charge in [-0.15, -0.1) is 23.5 Å². The number of piperazine rings is 1. The van der Waals surface area contributed by atoms with Crippen molar-refractivity contribution in [1.29, 1.82) is 0 Å². The quantitative estimate of drug-likeness (QED) is 0.444. The van der Waals surface area contributed by atoms with Gasteiger partial charge in [0.05, 0.1) is 25.1 Å². The third-order valence-electron chi connectivity index (χ3n) is 4.29. The van der Waals surface area contributed by atoms with Crippen molar-refractivity contribution in [3.8, 4) is 0 Å². The van der Waals surface area contributed by atoms with Crippen LogP contribution in [0.1, 0.15) is 5.69 Å². The maximum Gasteiger partial charge on any atom is 0.264 e. The summed E-state index contributed by atoms with van der Waals surface area (Å²) >= 11 is 3.12. The van der Waals surface area contributed by atoms with E-state index in [1.165, 1.54) is 11.8 Å². The van der Waals surface area contributed by atoms with Crippen molar-refractivity contribution in [3.63, 3.8) is 0 Å². The van der Waals surface area contributed by atoms with Gasteiger partial charge in [0.25, 0.3) is 10.1 Å². The number of anilines is 1. The first-order chi connectivity index (χ1) is 13.2. The maximum absolute atomic E-state index is 12.6. The molecule has 158 valence electrons. The molecule has 0 aliphatic carbocycles. The number of carbonyl (C=O) groups is 1. The van der Waals surface area contributed by atoms with Crippen molar-refractivity contribution in [2.45, 2.75) is 16.8 Å². The van der Waals surface area contributed by atoms with Crippen LogP contribution >= 0.6 is 23.5 Å². The standard InChI is InChI=1S/C17H28N4O4S3/c1-13-11-14(26-2)16(17(18-13)27-3)19-15(22)12-21-7-5-20(6-8-21)9-10-25-28(4,23)24/h11H,5-10,12H2,1-4H3,(H,19,22). The van der Waals surface area contributed by atoms with Gasteiger partial charge in [0.2, 0.25) is 5.91 Å². The maximum atomic E-state index is 12.6. The summed E-state index contributed by atoms with van der Waals surface area (Å²) in [5.41, 5.74) is 1.72. The lowest BCUT2D eigenvalue weighted by Crippen LogP contribution is -2.49. The Balaban J connectivity index is 1.84. The third kappa shape index (κ3) is 7.53.